The summed E-state index contributed by atoms with van der Waals surface area (Å²) in [5.74, 6) is 0.203. The molecule has 1 N–H and O–H groups in total. The average molecular weight is 275 g/mol. The van der Waals surface area contributed by atoms with Crippen LogP contribution < -0.4 is 10.1 Å². The van der Waals surface area contributed by atoms with Gasteiger partial charge < -0.3 is 10.1 Å². The Kier molecular flexibility index (Phi) is 4.29. The fourth-order valence-corrected chi connectivity index (χ4v) is 1.46. The van der Waals surface area contributed by atoms with Gasteiger partial charge in [0.2, 0.25) is 0 Å². The first kappa shape index (κ1) is 14.4. The summed E-state index contributed by atoms with van der Waals surface area (Å²) in [5.41, 5.74) is 1.02. The lowest BCUT2D eigenvalue weighted by Crippen LogP contribution is -2.35. The molecule has 1 heterocycles. The van der Waals surface area contributed by atoms with Gasteiger partial charge in [0.25, 0.3) is 0 Å². The van der Waals surface area contributed by atoms with E-state index in [1.165, 1.54) is 24.3 Å². The van der Waals surface area contributed by atoms with E-state index < -0.39 is 0 Å². The Hall–Kier alpha value is -2.01. The van der Waals surface area contributed by atoms with Gasteiger partial charge in [-0.3, -0.25) is 0 Å². The fraction of sp³-hybridized carbons (Fsp3) is 0.333. The zero-order valence-electron chi connectivity index (χ0n) is 11.9. The van der Waals surface area contributed by atoms with Crippen molar-refractivity contribution in [3.63, 3.8) is 0 Å². The number of nitrogens with zero attached hydrogens (tertiary/aromatic N) is 2. The van der Waals surface area contributed by atoms with Crippen molar-refractivity contribution in [3.8, 4) is 11.8 Å². The summed E-state index contributed by atoms with van der Waals surface area (Å²) < 4.78 is 18.2. The predicted molar refractivity (Wildman–Crippen MR) is 75.1 cm³/mol. The average Bonchev–Trinajstić information content (AvgIpc) is 2.40. The lowest BCUT2D eigenvalue weighted by molar-refractivity contribution is 0.419. The SMILES string of the molecule is CC(C)(C)NCc1cnc(Oc2ccc(F)cc2)nc1. The highest BCUT2D eigenvalue weighted by Crippen LogP contribution is 2.17. The van der Waals surface area contributed by atoms with Crippen LogP contribution in [0.4, 0.5) is 4.39 Å². The fourth-order valence-electron chi connectivity index (χ4n) is 1.46. The molecule has 1 aromatic carbocycles. The second-order valence-electron chi connectivity index (χ2n) is 5.53. The van der Waals surface area contributed by atoms with Crippen molar-refractivity contribution in [3.05, 3.63) is 48.0 Å². The standard InChI is InChI=1S/C15H18FN3O/c1-15(2,3)19-10-11-8-17-14(18-9-11)20-13-6-4-12(16)5-7-13/h4-9,19H,10H2,1-3H3. The van der Waals surface area contributed by atoms with E-state index in [4.69, 9.17) is 4.74 Å². The normalized spacial score (nSPS) is 11.4. The van der Waals surface area contributed by atoms with E-state index in [9.17, 15) is 4.39 Å². The number of ether oxygens (including phenoxy) is 1. The first-order valence-corrected chi connectivity index (χ1v) is 6.42. The Balaban J connectivity index is 1.96. The Labute approximate surface area is 118 Å². The van der Waals surface area contributed by atoms with E-state index in [2.05, 4.69) is 36.1 Å². The van der Waals surface area contributed by atoms with E-state index >= 15 is 0 Å². The molecule has 5 heteroatoms. The largest absolute Gasteiger partial charge is 0.424 e. The highest BCUT2D eigenvalue weighted by Gasteiger charge is 2.09. The maximum Gasteiger partial charge on any atom is 0.321 e. The molecule has 106 valence electrons. The van der Waals surface area contributed by atoms with Crippen LogP contribution in [0.3, 0.4) is 0 Å². The number of nitrogens with one attached hydrogen (secondary N) is 1. The third-order valence-corrected chi connectivity index (χ3v) is 2.53. The molecule has 1 aromatic heterocycles. The number of halogens is 1. The second-order valence-corrected chi connectivity index (χ2v) is 5.53. The third-order valence-electron chi connectivity index (χ3n) is 2.53. The van der Waals surface area contributed by atoms with Gasteiger partial charge in [-0.25, -0.2) is 14.4 Å². The summed E-state index contributed by atoms with van der Waals surface area (Å²) in [4.78, 5) is 8.26. The van der Waals surface area contributed by atoms with E-state index in [0.29, 0.717) is 12.3 Å². The summed E-state index contributed by atoms with van der Waals surface area (Å²) >= 11 is 0. The van der Waals surface area contributed by atoms with Crippen molar-refractivity contribution in [2.45, 2.75) is 32.9 Å². The van der Waals surface area contributed by atoms with Crippen LogP contribution in [0.15, 0.2) is 36.7 Å². The molecular formula is C15H18FN3O. The van der Waals surface area contributed by atoms with Gasteiger partial charge in [0, 0.05) is 30.0 Å². The minimum absolute atomic E-state index is 0.0449. The molecule has 0 saturated heterocycles. The second kappa shape index (κ2) is 5.96. The minimum Gasteiger partial charge on any atom is -0.424 e. The maximum absolute atomic E-state index is 12.8. The topological polar surface area (TPSA) is 47.0 Å². The monoisotopic (exact) mass is 275 g/mol. The molecule has 0 aliphatic rings. The van der Waals surface area contributed by atoms with Gasteiger partial charge in [0.1, 0.15) is 11.6 Å². The first-order chi connectivity index (χ1) is 9.42. The van der Waals surface area contributed by atoms with Crippen molar-refractivity contribution in [1.82, 2.24) is 15.3 Å². The molecule has 4 nitrogen and oxygen atoms in total. The van der Waals surface area contributed by atoms with Gasteiger partial charge in [-0.15, -0.1) is 0 Å². The molecule has 0 bridgehead atoms. The summed E-state index contributed by atoms with van der Waals surface area (Å²) in [7, 11) is 0. The Morgan fingerprint density at radius 1 is 1.10 bits per heavy atom. The lowest BCUT2D eigenvalue weighted by Gasteiger charge is -2.20. The third kappa shape index (κ3) is 4.59. The molecule has 20 heavy (non-hydrogen) atoms. The highest BCUT2D eigenvalue weighted by molar-refractivity contribution is 5.25. The zero-order chi connectivity index (χ0) is 14.6. The highest BCUT2D eigenvalue weighted by atomic mass is 19.1. The van der Waals surface area contributed by atoms with E-state index in [0.717, 1.165) is 5.56 Å². The van der Waals surface area contributed by atoms with Crippen molar-refractivity contribution in [2.75, 3.05) is 0 Å². The summed E-state index contributed by atoms with van der Waals surface area (Å²) in [6, 6.07) is 5.98. The molecular weight excluding hydrogens is 257 g/mol. The van der Waals surface area contributed by atoms with Crippen LogP contribution in [-0.2, 0) is 6.54 Å². The molecule has 0 unspecified atom stereocenters. The molecule has 0 amide bonds. The van der Waals surface area contributed by atoms with Gasteiger partial charge >= 0.3 is 6.01 Å². The molecule has 0 radical (unpaired) electrons. The Bertz CT molecular complexity index is 547. The molecule has 0 aliphatic heterocycles. The molecule has 2 rings (SSSR count). The number of benzene rings is 1. The quantitative estimate of drug-likeness (QED) is 0.930. The summed E-state index contributed by atoms with van der Waals surface area (Å²) in [5, 5.41) is 3.35. The predicted octanol–water partition coefficient (Wildman–Crippen LogP) is 3.30. The number of hydrogen-bond donors (Lipinski definition) is 1. The van der Waals surface area contributed by atoms with Gasteiger partial charge in [-0.1, -0.05) is 0 Å². The van der Waals surface area contributed by atoms with E-state index in [1.807, 2.05) is 0 Å². The first-order valence-electron chi connectivity index (χ1n) is 6.42. The number of aromatic nitrogens is 2. The molecule has 0 saturated carbocycles. The van der Waals surface area contributed by atoms with E-state index in [1.54, 1.807) is 12.4 Å². The molecule has 2 aromatic rings. The van der Waals surface area contributed by atoms with Crippen LogP contribution >= 0.6 is 0 Å². The lowest BCUT2D eigenvalue weighted by atomic mass is 10.1. The number of hydrogen-bond acceptors (Lipinski definition) is 4. The van der Waals surface area contributed by atoms with Gasteiger partial charge in [0.05, 0.1) is 0 Å². The molecule has 0 spiro atoms. The van der Waals surface area contributed by atoms with Crippen LogP contribution in [0.5, 0.6) is 11.8 Å². The van der Waals surface area contributed by atoms with E-state index in [-0.39, 0.29) is 17.4 Å². The van der Waals surface area contributed by atoms with Crippen LogP contribution in [0.25, 0.3) is 0 Å². The van der Waals surface area contributed by atoms with Crippen molar-refractivity contribution in [2.24, 2.45) is 0 Å². The number of rotatable bonds is 4. The maximum atomic E-state index is 12.8. The van der Waals surface area contributed by atoms with Crippen molar-refractivity contribution < 1.29 is 9.13 Å². The van der Waals surface area contributed by atoms with Crippen LogP contribution in [-0.4, -0.2) is 15.5 Å². The minimum atomic E-state index is -0.304. The van der Waals surface area contributed by atoms with Crippen molar-refractivity contribution >= 4 is 0 Å². The van der Waals surface area contributed by atoms with Crippen LogP contribution in [0, 0.1) is 5.82 Å². The van der Waals surface area contributed by atoms with Gasteiger partial charge in [-0.2, -0.15) is 0 Å². The molecule has 0 aliphatic carbocycles. The van der Waals surface area contributed by atoms with Gasteiger partial charge in [-0.05, 0) is 45.0 Å². The Morgan fingerprint density at radius 3 is 2.25 bits per heavy atom. The summed E-state index contributed by atoms with van der Waals surface area (Å²) in [6.07, 6.45) is 3.43. The molecule has 0 fully saturated rings. The van der Waals surface area contributed by atoms with Gasteiger partial charge in [0.15, 0.2) is 0 Å². The van der Waals surface area contributed by atoms with Crippen LogP contribution in [0.1, 0.15) is 26.3 Å². The molecule has 0 atom stereocenters. The van der Waals surface area contributed by atoms with Crippen LogP contribution in [0.2, 0.25) is 0 Å². The zero-order valence-corrected chi connectivity index (χ0v) is 11.9. The summed E-state index contributed by atoms with van der Waals surface area (Å²) in [6.45, 7) is 6.99. The van der Waals surface area contributed by atoms with Crippen molar-refractivity contribution in [1.29, 1.82) is 0 Å². The Morgan fingerprint density at radius 2 is 1.70 bits per heavy atom. The smallest absolute Gasteiger partial charge is 0.321 e.